The fourth-order valence-electron chi connectivity index (χ4n) is 2.56. The summed E-state index contributed by atoms with van der Waals surface area (Å²) in [6, 6.07) is 0. The first-order valence-corrected chi connectivity index (χ1v) is 7.59. The van der Waals surface area contributed by atoms with Gasteiger partial charge in [-0.05, 0) is 41.7 Å². The van der Waals surface area contributed by atoms with Gasteiger partial charge >= 0.3 is 0 Å². The van der Waals surface area contributed by atoms with Gasteiger partial charge < -0.3 is 10.4 Å². The third kappa shape index (κ3) is 3.80. The van der Waals surface area contributed by atoms with Gasteiger partial charge in [0.2, 0.25) is 0 Å². The van der Waals surface area contributed by atoms with Crippen LogP contribution in [0.1, 0.15) is 49.7 Å². The van der Waals surface area contributed by atoms with Gasteiger partial charge in [-0.3, -0.25) is 0 Å². The zero-order valence-corrected chi connectivity index (χ0v) is 11.5. The Hall–Kier alpha value is -0.380. The highest BCUT2D eigenvalue weighted by Crippen LogP contribution is 2.26. The van der Waals surface area contributed by atoms with Crippen LogP contribution >= 0.6 is 11.3 Å². The monoisotopic (exact) mass is 253 g/mol. The van der Waals surface area contributed by atoms with Crippen molar-refractivity contribution in [1.82, 2.24) is 5.32 Å². The SMILES string of the molecule is Cc1cscc1CNCC1(O)CCCCCC1. The Morgan fingerprint density at radius 1 is 1.24 bits per heavy atom. The van der Waals surface area contributed by atoms with E-state index in [1.165, 1.54) is 36.8 Å². The van der Waals surface area contributed by atoms with Crippen molar-refractivity contribution in [2.24, 2.45) is 0 Å². The average molecular weight is 253 g/mol. The molecule has 0 unspecified atom stereocenters. The second kappa shape index (κ2) is 5.98. The molecule has 0 amide bonds. The molecular weight excluding hydrogens is 230 g/mol. The van der Waals surface area contributed by atoms with Crippen LogP contribution in [0.25, 0.3) is 0 Å². The number of thiophene rings is 1. The molecule has 0 radical (unpaired) electrons. The number of aryl methyl sites for hydroxylation is 1. The van der Waals surface area contributed by atoms with Crippen LogP contribution in [0.15, 0.2) is 10.8 Å². The summed E-state index contributed by atoms with van der Waals surface area (Å²) in [6.07, 6.45) is 6.84. The fraction of sp³-hybridized carbons (Fsp3) is 0.714. The summed E-state index contributed by atoms with van der Waals surface area (Å²) in [5, 5.41) is 18.3. The summed E-state index contributed by atoms with van der Waals surface area (Å²) < 4.78 is 0. The molecule has 0 bridgehead atoms. The molecule has 0 saturated heterocycles. The highest BCUT2D eigenvalue weighted by atomic mass is 32.1. The van der Waals surface area contributed by atoms with Gasteiger partial charge in [0.25, 0.3) is 0 Å². The molecule has 0 spiro atoms. The third-order valence-electron chi connectivity index (χ3n) is 3.77. The topological polar surface area (TPSA) is 32.3 Å². The largest absolute Gasteiger partial charge is 0.389 e. The molecule has 17 heavy (non-hydrogen) atoms. The van der Waals surface area contributed by atoms with E-state index < -0.39 is 5.60 Å². The van der Waals surface area contributed by atoms with Crippen molar-refractivity contribution < 1.29 is 5.11 Å². The Bertz CT molecular complexity index is 340. The molecule has 1 saturated carbocycles. The first kappa shape index (κ1) is 13.1. The van der Waals surface area contributed by atoms with Crippen LogP contribution in [0, 0.1) is 6.92 Å². The predicted octanol–water partition coefficient (Wildman–Crippen LogP) is 3.23. The highest BCUT2D eigenvalue weighted by Gasteiger charge is 2.27. The number of aliphatic hydroxyl groups is 1. The van der Waals surface area contributed by atoms with Gasteiger partial charge in [0.05, 0.1) is 5.60 Å². The Kier molecular flexibility index (Phi) is 4.60. The predicted molar refractivity (Wildman–Crippen MR) is 73.4 cm³/mol. The van der Waals surface area contributed by atoms with Crippen LogP contribution in [-0.2, 0) is 6.54 Å². The van der Waals surface area contributed by atoms with Gasteiger partial charge in [-0.15, -0.1) is 0 Å². The van der Waals surface area contributed by atoms with Crippen molar-refractivity contribution in [2.45, 2.75) is 57.6 Å². The van der Waals surface area contributed by atoms with Crippen LogP contribution < -0.4 is 5.32 Å². The molecule has 0 aliphatic heterocycles. The van der Waals surface area contributed by atoms with Gasteiger partial charge in [0.15, 0.2) is 0 Å². The van der Waals surface area contributed by atoms with Crippen molar-refractivity contribution >= 4 is 11.3 Å². The summed E-state index contributed by atoms with van der Waals surface area (Å²) in [5.74, 6) is 0. The molecule has 1 aromatic heterocycles. The Morgan fingerprint density at radius 2 is 1.94 bits per heavy atom. The Balaban J connectivity index is 1.79. The van der Waals surface area contributed by atoms with E-state index in [1.54, 1.807) is 11.3 Å². The van der Waals surface area contributed by atoms with E-state index in [-0.39, 0.29) is 0 Å². The molecule has 2 nitrogen and oxygen atoms in total. The molecule has 1 aliphatic rings. The van der Waals surface area contributed by atoms with E-state index >= 15 is 0 Å². The minimum Gasteiger partial charge on any atom is -0.389 e. The minimum absolute atomic E-state index is 0.458. The van der Waals surface area contributed by atoms with Gasteiger partial charge in [0, 0.05) is 13.1 Å². The molecule has 96 valence electrons. The highest BCUT2D eigenvalue weighted by molar-refractivity contribution is 7.08. The zero-order chi connectivity index (χ0) is 12.1. The smallest absolute Gasteiger partial charge is 0.0771 e. The molecule has 1 heterocycles. The third-order valence-corrected chi connectivity index (χ3v) is 4.68. The van der Waals surface area contributed by atoms with Gasteiger partial charge in [-0.25, -0.2) is 0 Å². The van der Waals surface area contributed by atoms with Crippen molar-refractivity contribution in [3.8, 4) is 0 Å². The Labute approximate surface area is 108 Å². The summed E-state index contributed by atoms with van der Waals surface area (Å²) in [5.41, 5.74) is 2.27. The van der Waals surface area contributed by atoms with Crippen molar-refractivity contribution in [1.29, 1.82) is 0 Å². The number of hydrogen-bond donors (Lipinski definition) is 2. The molecule has 1 aliphatic carbocycles. The maximum absolute atomic E-state index is 10.5. The van der Waals surface area contributed by atoms with Gasteiger partial charge in [-0.1, -0.05) is 25.7 Å². The zero-order valence-electron chi connectivity index (χ0n) is 10.7. The standard InChI is InChI=1S/C14H23NOS/c1-12-9-17-10-13(12)8-15-11-14(16)6-4-2-3-5-7-14/h9-10,15-16H,2-8,11H2,1H3. The maximum atomic E-state index is 10.5. The van der Waals surface area contributed by atoms with E-state index in [1.807, 2.05) is 0 Å². The lowest BCUT2D eigenvalue weighted by molar-refractivity contribution is 0.0250. The first-order chi connectivity index (χ1) is 8.20. The number of hydrogen-bond acceptors (Lipinski definition) is 3. The minimum atomic E-state index is -0.458. The molecule has 0 atom stereocenters. The van der Waals surface area contributed by atoms with Gasteiger partial charge in [-0.2, -0.15) is 11.3 Å². The lowest BCUT2D eigenvalue weighted by Gasteiger charge is -2.27. The maximum Gasteiger partial charge on any atom is 0.0771 e. The van der Waals surface area contributed by atoms with Crippen LogP contribution in [0.3, 0.4) is 0 Å². The van der Waals surface area contributed by atoms with E-state index in [9.17, 15) is 5.11 Å². The molecule has 3 heteroatoms. The average Bonchev–Trinajstić information content (AvgIpc) is 2.58. The first-order valence-electron chi connectivity index (χ1n) is 6.64. The fourth-order valence-corrected chi connectivity index (χ4v) is 3.42. The second-order valence-corrected chi connectivity index (χ2v) is 6.07. The van der Waals surface area contributed by atoms with Gasteiger partial charge in [0.1, 0.15) is 0 Å². The van der Waals surface area contributed by atoms with Crippen molar-refractivity contribution in [2.75, 3.05) is 6.54 Å². The normalized spacial score (nSPS) is 20.1. The molecule has 2 rings (SSSR count). The van der Waals surface area contributed by atoms with E-state index in [0.717, 1.165) is 25.9 Å². The molecule has 2 N–H and O–H groups in total. The van der Waals surface area contributed by atoms with Crippen LogP contribution in [0.4, 0.5) is 0 Å². The summed E-state index contributed by atoms with van der Waals surface area (Å²) in [4.78, 5) is 0. The molecule has 0 aromatic carbocycles. The van der Waals surface area contributed by atoms with E-state index in [0.29, 0.717) is 0 Å². The van der Waals surface area contributed by atoms with E-state index in [4.69, 9.17) is 0 Å². The van der Waals surface area contributed by atoms with Crippen molar-refractivity contribution in [3.05, 3.63) is 21.9 Å². The van der Waals surface area contributed by atoms with Crippen LogP contribution in [0.5, 0.6) is 0 Å². The molecular formula is C14H23NOS. The molecule has 1 aromatic rings. The second-order valence-electron chi connectivity index (χ2n) is 5.32. The lowest BCUT2D eigenvalue weighted by Crippen LogP contribution is -2.39. The summed E-state index contributed by atoms with van der Waals surface area (Å²) in [7, 11) is 0. The van der Waals surface area contributed by atoms with Crippen LogP contribution in [0.2, 0.25) is 0 Å². The summed E-state index contributed by atoms with van der Waals surface area (Å²) >= 11 is 1.75. The Morgan fingerprint density at radius 3 is 2.53 bits per heavy atom. The van der Waals surface area contributed by atoms with E-state index in [2.05, 4.69) is 23.0 Å². The van der Waals surface area contributed by atoms with Crippen molar-refractivity contribution in [3.63, 3.8) is 0 Å². The summed E-state index contributed by atoms with van der Waals surface area (Å²) in [6.45, 7) is 3.77. The quantitative estimate of drug-likeness (QED) is 0.807. The number of nitrogens with one attached hydrogen (secondary N) is 1. The number of rotatable bonds is 4. The lowest BCUT2D eigenvalue weighted by atomic mass is 9.94. The van der Waals surface area contributed by atoms with Crippen LogP contribution in [-0.4, -0.2) is 17.3 Å². The molecule has 1 fully saturated rings.